The number of allylic oxidation sites excluding steroid dienone is 1. The summed E-state index contributed by atoms with van der Waals surface area (Å²) in [7, 11) is 0. The Morgan fingerprint density at radius 2 is 1.62 bits per heavy atom. The minimum Gasteiger partial charge on any atom is -0.402 e. The quantitative estimate of drug-likeness (QED) is 0.636. The van der Waals surface area contributed by atoms with E-state index in [-0.39, 0.29) is 5.97 Å². The van der Waals surface area contributed by atoms with Crippen molar-refractivity contribution in [3.63, 3.8) is 0 Å². The first-order chi connectivity index (χ1) is 10.2. The molecule has 3 rings (SSSR count). The SMILES string of the molecule is C/C(Cc1ccccc1)=C1\N=C(c2ccccc2)OC1=O. The summed E-state index contributed by atoms with van der Waals surface area (Å²) in [6.45, 7) is 1.92. The summed E-state index contributed by atoms with van der Waals surface area (Å²) in [5.41, 5.74) is 3.29. The molecule has 2 aromatic carbocycles. The Bertz CT molecular complexity index is 715. The maximum absolute atomic E-state index is 12.0. The van der Waals surface area contributed by atoms with Crippen LogP contribution in [-0.4, -0.2) is 11.9 Å². The van der Waals surface area contributed by atoms with Crippen LogP contribution in [0.4, 0.5) is 0 Å². The van der Waals surface area contributed by atoms with Gasteiger partial charge >= 0.3 is 5.97 Å². The molecule has 0 radical (unpaired) electrons. The fraction of sp³-hybridized carbons (Fsp3) is 0.111. The van der Waals surface area contributed by atoms with Gasteiger partial charge in [-0.2, -0.15) is 0 Å². The Labute approximate surface area is 123 Å². The van der Waals surface area contributed by atoms with E-state index in [1.165, 1.54) is 0 Å². The smallest absolute Gasteiger partial charge is 0.363 e. The van der Waals surface area contributed by atoms with E-state index in [1.807, 2.05) is 67.6 Å². The number of carbonyl (C=O) groups is 1. The van der Waals surface area contributed by atoms with Gasteiger partial charge in [-0.15, -0.1) is 0 Å². The molecule has 0 atom stereocenters. The molecule has 0 N–H and O–H groups in total. The second-order valence-electron chi connectivity index (χ2n) is 4.96. The van der Waals surface area contributed by atoms with Crippen molar-refractivity contribution >= 4 is 11.9 Å². The van der Waals surface area contributed by atoms with Crippen LogP contribution < -0.4 is 0 Å². The number of ether oxygens (including phenoxy) is 1. The zero-order valence-electron chi connectivity index (χ0n) is 11.7. The van der Waals surface area contributed by atoms with Gasteiger partial charge in [-0.3, -0.25) is 0 Å². The third kappa shape index (κ3) is 2.92. The summed E-state index contributed by atoms with van der Waals surface area (Å²) < 4.78 is 5.27. The highest BCUT2D eigenvalue weighted by Crippen LogP contribution is 2.21. The second kappa shape index (κ2) is 5.75. The highest BCUT2D eigenvalue weighted by Gasteiger charge is 2.25. The molecule has 1 aliphatic heterocycles. The molecule has 0 aromatic heterocycles. The normalized spacial score (nSPS) is 16.4. The molecule has 1 aliphatic rings. The first-order valence-corrected chi connectivity index (χ1v) is 6.84. The van der Waals surface area contributed by atoms with Crippen molar-refractivity contribution in [3.05, 3.63) is 83.1 Å². The minimum atomic E-state index is -0.373. The number of carbonyl (C=O) groups excluding carboxylic acids is 1. The topological polar surface area (TPSA) is 38.7 Å². The first kappa shape index (κ1) is 13.3. The second-order valence-corrected chi connectivity index (χ2v) is 4.96. The van der Waals surface area contributed by atoms with Crippen molar-refractivity contribution in [1.29, 1.82) is 0 Å². The van der Waals surface area contributed by atoms with Crippen LogP contribution in [-0.2, 0) is 16.0 Å². The summed E-state index contributed by atoms with van der Waals surface area (Å²) >= 11 is 0. The van der Waals surface area contributed by atoms with Crippen LogP contribution in [0, 0.1) is 0 Å². The van der Waals surface area contributed by atoms with Crippen LogP contribution in [0.15, 0.2) is 76.9 Å². The van der Waals surface area contributed by atoms with Crippen molar-refractivity contribution in [1.82, 2.24) is 0 Å². The maximum Gasteiger partial charge on any atom is 0.363 e. The van der Waals surface area contributed by atoms with Crippen LogP contribution in [0.2, 0.25) is 0 Å². The predicted molar refractivity (Wildman–Crippen MR) is 81.9 cm³/mol. The molecule has 0 bridgehead atoms. The number of hydrogen-bond donors (Lipinski definition) is 0. The van der Waals surface area contributed by atoms with Crippen LogP contribution in [0.3, 0.4) is 0 Å². The van der Waals surface area contributed by atoms with Gasteiger partial charge in [0.1, 0.15) is 0 Å². The van der Waals surface area contributed by atoms with Crippen LogP contribution in [0.25, 0.3) is 0 Å². The highest BCUT2D eigenvalue weighted by molar-refractivity contribution is 6.11. The average Bonchev–Trinajstić information content (AvgIpc) is 2.91. The molecule has 0 aliphatic carbocycles. The molecular weight excluding hydrogens is 262 g/mol. The third-order valence-corrected chi connectivity index (χ3v) is 3.33. The average molecular weight is 277 g/mol. The van der Waals surface area contributed by atoms with Gasteiger partial charge in [-0.25, -0.2) is 9.79 Å². The van der Waals surface area contributed by atoms with Gasteiger partial charge in [0.15, 0.2) is 5.70 Å². The fourth-order valence-corrected chi connectivity index (χ4v) is 2.27. The fourth-order valence-electron chi connectivity index (χ4n) is 2.27. The zero-order chi connectivity index (χ0) is 14.7. The van der Waals surface area contributed by atoms with E-state index in [4.69, 9.17) is 4.74 Å². The number of cyclic esters (lactones) is 1. The molecular formula is C18H15NO2. The van der Waals surface area contributed by atoms with E-state index >= 15 is 0 Å². The summed E-state index contributed by atoms with van der Waals surface area (Å²) in [6.07, 6.45) is 0.691. The van der Waals surface area contributed by atoms with Crippen LogP contribution in [0.5, 0.6) is 0 Å². The van der Waals surface area contributed by atoms with Crippen molar-refractivity contribution in [3.8, 4) is 0 Å². The van der Waals surface area contributed by atoms with Gasteiger partial charge in [0.25, 0.3) is 0 Å². The Morgan fingerprint density at radius 3 is 2.29 bits per heavy atom. The minimum absolute atomic E-state index is 0.373. The van der Waals surface area contributed by atoms with Crippen molar-refractivity contribution < 1.29 is 9.53 Å². The Kier molecular flexibility index (Phi) is 3.65. The molecule has 0 saturated heterocycles. The molecule has 3 heteroatoms. The number of hydrogen-bond acceptors (Lipinski definition) is 3. The molecule has 104 valence electrons. The molecule has 0 spiro atoms. The van der Waals surface area contributed by atoms with Gasteiger partial charge in [0.05, 0.1) is 0 Å². The highest BCUT2D eigenvalue weighted by atomic mass is 16.6. The lowest BCUT2D eigenvalue weighted by atomic mass is 10.1. The number of benzene rings is 2. The van der Waals surface area contributed by atoms with E-state index in [9.17, 15) is 4.79 Å². The number of nitrogens with zero attached hydrogens (tertiary/aromatic N) is 1. The largest absolute Gasteiger partial charge is 0.402 e. The lowest BCUT2D eigenvalue weighted by Gasteiger charge is -2.02. The Morgan fingerprint density at radius 1 is 1.00 bits per heavy atom. The summed E-state index contributed by atoms with van der Waals surface area (Å²) in [4.78, 5) is 16.4. The van der Waals surface area contributed by atoms with Crippen LogP contribution in [0.1, 0.15) is 18.1 Å². The number of aliphatic imine (C=N–C) groups is 1. The molecule has 21 heavy (non-hydrogen) atoms. The van der Waals surface area contributed by atoms with Gasteiger partial charge in [-0.05, 0) is 36.6 Å². The third-order valence-electron chi connectivity index (χ3n) is 3.33. The predicted octanol–water partition coefficient (Wildman–Crippen LogP) is 3.51. The molecule has 0 amide bonds. The van der Waals surface area contributed by atoms with E-state index in [2.05, 4.69) is 4.99 Å². The van der Waals surface area contributed by atoms with Gasteiger partial charge in [0.2, 0.25) is 5.90 Å². The summed E-state index contributed by atoms with van der Waals surface area (Å²) in [5, 5.41) is 0. The number of esters is 1. The van der Waals surface area contributed by atoms with Gasteiger partial charge in [-0.1, -0.05) is 48.5 Å². The lowest BCUT2D eigenvalue weighted by molar-refractivity contribution is -0.130. The van der Waals surface area contributed by atoms with E-state index in [0.29, 0.717) is 18.0 Å². The first-order valence-electron chi connectivity index (χ1n) is 6.84. The van der Waals surface area contributed by atoms with Gasteiger partial charge < -0.3 is 4.74 Å². The van der Waals surface area contributed by atoms with Crippen molar-refractivity contribution in [2.45, 2.75) is 13.3 Å². The summed E-state index contributed by atoms with van der Waals surface area (Å²) in [5.74, 6) is 0.00490. The maximum atomic E-state index is 12.0. The van der Waals surface area contributed by atoms with E-state index in [1.54, 1.807) is 0 Å². The molecule has 0 fully saturated rings. The molecule has 0 saturated carbocycles. The molecule has 1 heterocycles. The molecule has 2 aromatic rings. The van der Waals surface area contributed by atoms with E-state index < -0.39 is 0 Å². The zero-order valence-corrected chi connectivity index (χ0v) is 11.7. The number of rotatable bonds is 3. The molecule has 0 unspecified atom stereocenters. The Balaban J connectivity index is 1.89. The monoisotopic (exact) mass is 277 g/mol. The van der Waals surface area contributed by atoms with Crippen molar-refractivity contribution in [2.24, 2.45) is 4.99 Å². The van der Waals surface area contributed by atoms with Crippen LogP contribution >= 0.6 is 0 Å². The van der Waals surface area contributed by atoms with Crippen molar-refractivity contribution in [2.75, 3.05) is 0 Å². The summed E-state index contributed by atoms with van der Waals surface area (Å²) in [6, 6.07) is 19.5. The standard InChI is InChI=1S/C18H15NO2/c1-13(12-14-8-4-2-5-9-14)16-18(20)21-17(19-16)15-10-6-3-7-11-15/h2-11H,12H2,1H3/b16-13+. The molecule has 3 nitrogen and oxygen atoms in total. The van der Waals surface area contributed by atoms with E-state index in [0.717, 1.165) is 16.7 Å². The van der Waals surface area contributed by atoms with Gasteiger partial charge in [0, 0.05) is 5.56 Å². The Hall–Kier alpha value is -2.68. The lowest BCUT2D eigenvalue weighted by Crippen LogP contribution is -2.06.